The topological polar surface area (TPSA) is 55.1 Å². The summed E-state index contributed by atoms with van der Waals surface area (Å²) < 4.78 is 13.8. The third-order valence-electron chi connectivity index (χ3n) is 2.85. The van der Waals surface area contributed by atoms with E-state index in [1.54, 1.807) is 24.3 Å². The summed E-state index contributed by atoms with van der Waals surface area (Å²) in [6, 6.07) is 11.4. The maximum absolute atomic E-state index is 13.0. The third kappa shape index (κ3) is 3.81. The minimum Gasteiger partial charge on any atom is -0.398 e. The molecule has 0 heterocycles. The van der Waals surface area contributed by atoms with Crippen LogP contribution in [0.5, 0.6) is 0 Å². The number of nitrogens with two attached hydrogens (primary N) is 1. The highest BCUT2D eigenvalue weighted by Crippen LogP contribution is 2.18. The molecule has 0 aliphatic rings. The van der Waals surface area contributed by atoms with Crippen LogP contribution in [0.25, 0.3) is 0 Å². The maximum atomic E-state index is 13.0. The molecule has 0 radical (unpaired) electrons. The molecule has 0 bridgehead atoms. The van der Waals surface area contributed by atoms with Gasteiger partial charge in [0.1, 0.15) is 5.82 Å². The van der Waals surface area contributed by atoms with Crippen molar-refractivity contribution in [3.05, 3.63) is 63.9 Å². The average molecular weight is 337 g/mol. The molecule has 2 aromatic rings. The summed E-state index contributed by atoms with van der Waals surface area (Å²) >= 11 is 3.30. The lowest BCUT2D eigenvalue weighted by atomic mass is 10.1. The van der Waals surface area contributed by atoms with E-state index in [0.29, 0.717) is 24.2 Å². The zero-order valence-electron chi connectivity index (χ0n) is 10.7. The number of carbonyl (C=O) groups is 1. The standard InChI is InChI=1S/C15H14BrFN2O/c16-11-4-5-14(18)13(9-11)15(20)19-7-6-10-2-1-3-12(17)8-10/h1-5,8-9H,6-7,18H2,(H,19,20). The van der Waals surface area contributed by atoms with Crippen molar-refractivity contribution in [3.63, 3.8) is 0 Å². The number of halogens is 2. The second kappa shape index (κ2) is 6.52. The van der Waals surface area contributed by atoms with Gasteiger partial charge in [0.25, 0.3) is 5.91 Å². The van der Waals surface area contributed by atoms with Crippen LogP contribution >= 0.6 is 15.9 Å². The number of hydrogen-bond donors (Lipinski definition) is 2. The molecule has 0 unspecified atom stereocenters. The summed E-state index contributed by atoms with van der Waals surface area (Å²) in [5.74, 6) is -0.509. The van der Waals surface area contributed by atoms with Crippen LogP contribution in [0.2, 0.25) is 0 Å². The fraction of sp³-hybridized carbons (Fsp3) is 0.133. The predicted molar refractivity (Wildman–Crippen MR) is 81.0 cm³/mol. The van der Waals surface area contributed by atoms with E-state index in [9.17, 15) is 9.18 Å². The molecular weight excluding hydrogens is 323 g/mol. The second-order valence-electron chi connectivity index (χ2n) is 4.37. The van der Waals surface area contributed by atoms with Crippen molar-refractivity contribution < 1.29 is 9.18 Å². The van der Waals surface area contributed by atoms with Crippen molar-refractivity contribution in [1.82, 2.24) is 5.32 Å². The molecule has 0 atom stereocenters. The molecule has 0 aliphatic carbocycles. The SMILES string of the molecule is Nc1ccc(Br)cc1C(=O)NCCc1cccc(F)c1. The maximum Gasteiger partial charge on any atom is 0.253 e. The minimum atomic E-state index is -0.273. The smallest absolute Gasteiger partial charge is 0.253 e. The molecule has 20 heavy (non-hydrogen) atoms. The highest BCUT2D eigenvalue weighted by Gasteiger charge is 2.09. The first-order valence-corrected chi connectivity index (χ1v) is 6.93. The van der Waals surface area contributed by atoms with Crippen LogP contribution < -0.4 is 11.1 Å². The molecule has 5 heteroatoms. The third-order valence-corrected chi connectivity index (χ3v) is 3.34. The Bertz CT molecular complexity index is 631. The molecule has 0 saturated carbocycles. The van der Waals surface area contributed by atoms with E-state index in [2.05, 4.69) is 21.2 Å². The van der Waals surface area contributed by atoms with E-state index in [1.165, 1.54) is 12.1 Å². The largest absolute Gasteiger partial charge is 0.398 e. The van der Waals surface area contributed by atoms with Gasteiger partial charge in [0.15, 0.2) is 0 Å². The summed E-state index contributed by atoms with van der Waals surface area (Å²) in [5, 5.41) is 2.77. The number of rotatable bonds is 4. The van der Waals surface area contributed by atoms with E-state index < -0.39 is 0 Å². The molecule has 3 N–H and O–H groups in total. The van der Waals surface area contributed by atoms with Gasteiger partial charge in [-0.25, -0.2) is 4.39 Å². The van der Waals surface area contributed by atoms with Crippen molar-refractivity contribution in [2.45, 2.75) is 6.42 Å². The van der Waals surface area contributed by atoms with Gasteiger partial charge >= 0.3 is 0 Å². The van der Waals surface area contributed by atoms with Crippen LogP contribution in [0.1, 0.15) is 15.9 Å². The number of hydrogen-bond acceptors (Lipinski definition) is 2. The highest BCUT2D eigenvalue weighted by atomic mass is 79.9. The first kappa shape index (κ1) is 14.5. The molecule has 0 aliphatic heterocycles. The molecule has 0 aromatic heterocycles. The molecule has 2 aromatic carbocycles. The van der Waals surface area contributed by atoms with Crippen LogP contribution in [0, 0.1) is 5.82 Å². The van der Waals surface area contributed by atoms with E-state index in [-0.39, 0.29) is 11.7 Å². The fourth-order valence-electron chi connectivity index (χ4n) is 1.83. The molecule has 104 valence electrons. The number of carbonyl (C=O) groups excluding carboxylic acids is 1. The molecule has 3 nitrogen and oxygen atoms in total. The Morgan fingerprint density at radius 2 is 2.05 bits per heavy atom. The van der Waals surface area contributed by atoms with Crippen LogP contribution in [0.4, 0.5) is 10.1 Å². The number of benzene rings is 2. The summed E-state index contributed by atoms with van der Waals surface area (Å²) in [4.78, 5) is 12.0. The van der Waals surface area contributed by atoms with Crippen LogP contribution in [0.15, 0.2) is 46.9 Å². The summed E-state index contributed by atoms with van der Waals surface area (Å²) in [7, 11) is 0. The monoisotopic (exact) mass is 336 g/mol. The normalized spacial score (nSPS) is 10.3. The van der Waals surface area contributed by atoms with Gasteiger partial charge < -0.3 is 11.1 Å². The molecular formula is C15H14BrFN2O. The Morgan fingerprint density at radius 1 is 1.25 bits per heavy atom. The Hall–Kier alpha value is -1.88. The van der Waals surface area contributed by atoms with Gasteiger partial charge in [0.05, 0.1) is 5.56 Å². The van der Waals surface area contributed by atoms with Crippen LogP contribution in [0.3, 0.4) is 0 Å². The minimum absolute atomic E-state index is 0.236. The fourth-order valence-corrected chi connectivity index (χ4v) is 2.19. The average Bonchev–Trinajstić information content (AvgIpc) is 2.41. The van der Waals surface area contributed by atoms with Crippen molar-refractivity contribution in [2.75, 3.05) is 12.3 Å². The van der Waals surface area contributed by atoms with Crippen molar-refractivity contribution in [3.8, 4) is 0 Å². The zero-order valence-corrected chi connectivity index (χ0v) is 12.3. The van der Waals surface area contributed by atoms with Crippen molar-refractivity contribution in [1.29, 1.82) is 0 Å². The molecule has 0 saturated heterocycles. The van der Waals surface area contributed by atoms with Gasteiger partial charge in [-0.15, -0.1) is 0 Å². The first-order chi connectivity index (χ1) is 9.56. The van der Waals surface area contributed by atoms with Gasteiger partial charge in [-0.1, -0.05) is 28.1 Å². The highest BCUT2D eigenvalue weighted by molar-refractivity contribution is 9.10. The Balaban J connectivity index is 1.94. The second-order valence-corrected chi connectivity index (χ2v) is 5.28. The predicted octanol–water partition coefficient (Wildman–Crippen LogP) is 3.14. The molecule has 2 rings (SSSR count). The van der Waals surface area contributed by atoms with Gasteiger partial charge in [-0.2, -0.15) is 0 Å². The van der Waals surface area contributed by atoms with E-state index in [4.69, 9.17) is 5.73 Å². The summed E-state index contributed by atoms with van der Waals surface area (Å²) in [6.45, 7) is 0.425. The van der Waals surface area contributed by atoms with Gasteiger partial charge in [0, 0.05) is 16.7 Å². The van der Waals surface area contributed by atoms with Crippen LogP contribution in [-0.4, -0.2) is 12.5 Å². The molecule has 0 fully saturated rings. The van der Waals surface area contributed by atoms with Gasteiger partial charge in [-0.3, -0.25) is 4.79 Å². The van der Waals surface area contributed by atoms with Gasteiger partial charge in [-0.05, 0) is 42.3 Å². The van der Waals surface area contributed by atoms with E-state index in [0.717, 1.165) is 10.0 Å². The van der Waals surface area contributed by atoms with Crippen molar-refractivity contribution in [2.24, 2.45) is 0 Å². The Labute approximate surface area is 125 Å². The Morgan fingerprint density at radius 3 is 2.80 bits per heavy atom. The zero-order chi connectivity index (χ0) is 14.5. The first-order valence-electron chi connectivity index (χ1n) is 6.14. The lowest BCUT2D eigenvalue weighted by Crippen LogP contribution is -2.26. The summed E-state index contributed by atoms with van der Waals surface area (Å²) in [6.07, 6.45) is 0.567. The number of nitrogens with one attached hydrogen (secondary N) is 1. The van der Waals surface area contributed by atoms with Crippen LogP contribution in [-0.2, 0) is 6.42 Å². The van der Waals surface area contributed by atoms with Gasteiger partial charge in [0.2, 0.25) is 0 Å². The lowest BCUT2D eigenvalue weighted by molar-refractivity contribution is 0.0955. The molecule has 0 spiro atoms. The molecule has 1 amide bonds. The lowest BCUT2D eigenvalue weighted by Gasteiger charge is -2.08. The Kier molecular flexibility index (Phi) is 4.74. The van der Waals surface area contributed by atoms with E-state index >= 15 is 0 Å². The summed E-state index contributed by atoms with van der Waals surface area (Å²) in [5.41, 5.74) is 7.46. The number of nitrogen functional groups attached to an aromatic ring is 1. The quantitative estimate of drug-likeness (QED) is 0.842. The van der Waals surface area contributed by atoms with Crippen molar-refractivity contribution >= 4 is 27.5 Å². The number of amides is 1. The van der Waals surface area contributed by atoms with E-state index in [1.807, 2.05) is 6.07 Å². The number of anilines is 1.